The summed E-state index contributed by atoms with van der Waals surface area (Å²) in [5, 5.41) is 11.5. The third-order valence-electron chi connectivity index (χ3n) is 2.33. The highest BCUT2D eigenvalue weighted by molar-refractivity contribution is 7.99. The van der Waals surface area contributed by atoms with E-state index in [0.717, 1.165) is 28.4 Å². The lowest BCUT2D eigenvalue weighted by molar-refractivity contribution is 0.0953. The molecule has 0 saturated carbocycles. The van der Waals surface area contributed by atoms with Crippen LogP contribution in [0.3, 0.4) is 0 Å². The fourth-order valence-corrected chi connectivity index (χ4v) is 2.81. The minimum atomic E-state index is -0.0114. The van der Waals surface area contributed by atoms with Crippen molar-refractivity contribution in [2.45, 2.75) is 11.3 Å². The first-order valence-corrected chi connectivity index (χ1v) is 8.27. The summed E-state index contributed by atoms with van der Waals surface area (Å²) in [7, 11) is 0. The Morgan fingerprint density at radius 2 is 2.11 bits per heavy atom. The number of aliphatic hydroxyl groups excluding tert-OH is 1. The van der Waals surface area contributed by atoms with Gasteiger partial charge in [0.1, 0.15) is 0 Å². The Kier molecular flexibility index (Phi) is 7.96. The fourth-order valence-electron chi connectivity index (χ4n) is 1.43. The Bertz CT molecular complexity index is 372. The Balaban J connectivity index is 2.32. The second kappa shape index (κ2) is 9.30. The Hall–Kier alpha value is -0.650. The molecule has 0 radical (unpaired) electrons. The van der Waals surface area contributed by atoms with Crippen LogP contribution in [0, 0.1) is 0 Å². The minimum absolute atomic E-state index is 0.0114. The molecular formula is C13H19NO2S2. The van der Waals surface area contributed by atoms with Gasteiger partial charge < -0.3 is 10.4 Å². The van der Waals surface area contributed by atoms with E-state index in [1.807, 2.05) is 30.5 Å². The molecule has 0 saturated heterocycles. The third kappa shape index (κ3) is 5.33. The molecule has 0 heterocycles. The second-order valence-corrected chi connectivity index (χ2v) is 5.72. The van der Waals surface area contributed by atoms with E-state index in [4.69, 9.17) is 5.11 Å². The van der Waals surface area contributed by atoms with Gasteiger partial charge in [0.15, 0.2) is 0 Å². The molecule has 0 aliphatic rings. The molecule has 1 amide bonds. The van der Waals surface area contributed by atoms with Crippen molar-refractivity contribution in [2.75, 3.05) is 30.9 Å². The highest BCUT2D eigenvalue weighted by Gasteiger charge is 2.08. The summed E-state index contributed by atoms with van der Waals surface area (Å²) in [6.45, 7) is 0.901. The largest absolute Gasteiger partial charge is 0.396 e. The van der Waals surface area contributed by atoms with Gasteiger partial charge in [-0.25, -0.2) is 0 Å². The first kappa shape index (κ1) is 15.4. The van der Waals surface area contributed by atoms with Crippen molar-refractivity contribution in [2.24, 2.45) is 0 Å². The quantitative estimate of drug-likeness (QED) is 0.568. The van der Waals surface area contributed by atoms with Crippen LogP contribution in [0.2, 0.25) is 0 Å². The van der Waals surface area contributed by atoms with Crippen LogP contribution in [0.1, 0.15) is 16.8 Å². The molecule has 18 heavy (non-hydrogen) atoms. The zero-order chi connectivity index (χ0) is 13.2. The number of hydrogen-bond acceptors (Lipinski definition) is 4. The van der Waals surface area contributed by atoms with Gasteiger partial charge in [0.2, 0.25) is 0 Å². The maximum atomic E-state index is 11.9. The lowest BCUT2D eigenvalue weighted by Crippen LogP contribution is -2.26. The third-order valence-corrected chi connectivity index (χ3v) is 4.20. The van der Waals surface area contributed by atoms with Crippen LogP contribution in [0.25, 0.3) is 0 Å². The first-order valence-electron chi connectivity index (χ1n) is 5.89. The molecule has 0 aliphatic carbocycles. The molecule has 2 N–H and O–H groups in total. The SMILES string of the molecule is CSc1ccccc1C(=O)NCCSCCCO. The predicted molar refractivity (Wildman–Crippen MR) is 79.6 cm³/mol. The first-order chi connectivity index (χ1) is 8.79. The second-order valence-electron chi connectivity index (χ2n) is 3.65. The normalized spacial score (nSPS) is 10.3. The highest BCUT2D eigenvalue weighted by Crippen LogP contribution is 2.19. The van der Waals surface area contributed by atoms with E-state index >= 15 is 0 Å². The maximum absolute atomic E-state index is 11.9. The molecule has 1 aromatic rings. The van der Waals surface area contributed by atoms with Gasteiger partial charge in [0.05, 0.1) is 5.56 Å². The summed E-state index contributed by atoms with van der Waals surface area (Å²) in [5.74, 6) is 1.81. The molecule has 0 bridgehead atoms. The van der Waals surface area contributed by atoms with Gasteiger partial charge in [-0.1, -0.05) is 12.1 Å². The van der Waals surface area contributed by atoms with Crippen molar-refractivity contribution >= 4 is 29.4 Å². The van der Waals surface area contributed by atoms with Crippen LogP contribution in [-0.4, -0.2) is 41.9 Å². The molecule has 3 nitrogen and oxygen atoms in total. The van der Waals surface area contributed by atoms with Crippen LogP contribution in [0.15, 0.2) is 29.2 Å². The van der Waals surface area contributed by atoms with Crippen molar-refractivity contribution in [3.63, 3.8) is 0 Å². The summed E-state index contributed by atoms with van der Waals surface area (Å²) in [6.07, 6.45) is 2.78. The summed E-state index contributed by atoms with van der Waals surface area (Å²) in [4.78, 5) is 12.9. The molecule has 0 spiro atoms. The molecular weight excluding hydrogens is 266 g/mol. The number of carbonyl (C=O) groups excluding carboxylic acids is 1. The van der Waals surface area contributed by atoms with Crippen molar-refractivity contribution in [3.8, 4) is 0 Å². The van der Waals surface area contributed by atoms with Crippen LogP contribution >= 0.6 is 23.5 Å². The van der Waals surface area contributed by atoms with Crippen LogP contribution < -0.4 is 5.32 Å². The summed E-state index contributed by atoms with van der Waals surface area (Å²) in [5.41, 5.74) is 0.741. The van der Waals surface area contributed by atoms with E-state index in [1.54, 1.807) is 23.5 Å². The molecule has 0 aromatic heterocycles. The zero-order valence-electron chi connectivity index (χ0n) is 10.5. The number of nitrogens with one attached hydrogen (secondary N) is 1. The molecule has 1 rings (SSSR count). The lowest BCUT2D eigenvalue weighted by atomic mass is 10.2. The van der Waals surface area contributed by atoms with Crippen molar-refractivity contribution < 1.29 is 9.90 Å². The van der Waals surface area contributed by atoms with E-state index in [2.05, 4.69) is 5.32 Å². The number of rotatable bonds is 8. The van der Waals surface area contributed by atoms with E-state index in [-0.39, 0.29) is 12.5 Å². The summed E-state index contributed by atoms with van der Waals surface area (Å²) in [6, 6.07) is 7.62. The lowest BCUT2D eigenvalue weighted by Gasteiger charge is -2.08. The molecule has 0 atom stereocenters. The van der Waals surface area contributed by atoms with Gasteiger partial charge >= 0.3 is 0 Å². The molecule has 100 valence electrons. The molecule has 1 aromatic carbocycles. The van der Waals surface area contributed by atoms with Gasteiger partial charge in [-0.05, 0) is 30.6 Å². The number of aliphatic hydroxyl groups is 1. The summed E-state index contributed by atoms with van der Waals surface area (Å²) >= 11 is 3.33. The zero-order valence-corrected chi connectivity index (χ0v) is 12.1. The minimum Gasteiger partial charge on any atom is -0.396 e. The van der Waals surface area contributed by atoms with Gasteiger partial charge in [-0.2, -0.15) is 11.8 Å². The number of benzene rings is 1. The van der Waals surface area contributed by atoms with E-state index < -0.39 is 0 Å². The predicted octanol–water partition coefficient (Wildman–Crippen LogP) is 2.25. The van der Waals surface area contributed by atoms with E-state index in [0.29, 0.717) is 6.54 Å². The van der Waals surface area contributed by atoms with Gasteiger partial charge in [0, 0.05) is 23.8 Å². The van der Waals surface area contributed by atoms with Gasteiger partial charge in [0.25, 0.3) is 5.91 Å². The Morgan fingerprint density at radius 1 is 1.33 bits per heavy atom. The number of thioether (sulfide) groups is 2. The fraction of sp³-hybridized carbons (Fsp3) is 0.462. The average molecular weight is 285 g/mol. The topological polar surface area (TPSA) is 49.3 Å². The number of hydrogen-bond donors (Lipinski definition) is 2. The smallest absolute Gasteiger partial charge is 0.252 e. The van der Waals surface area contributed by atoms with Crippen LogP contribution in [0.5, 0.6) is 0 Å². The maximum Gasteiger partial charge on any atom is 0.252 e. The standard InChI is InChI=1S/C13H19NO2S2/c1-17-12-6-3-2-5-11(12)13(16)14-7-10-18-9-4-8-15/h2-3,5-6,15H,4,7-10H2,1H3,(H,14,16). The number of carbonyl (C=O) groups is 1. The summed E-state index contributed by atoms with van der Waals surface area (Å²) < 4.78 is 0. The average Bonchev–Trinajstić information content (AvgIpc) is 2.42. The number of amides is 1. The van der Waals surface area contributed by atoms with Crippen LogP contribution in [-0.2, 0) is 0 Å². The van der Waals surface area contributed by atoms with Crippen molar-refractivity contribution in [1.82, 2.24) is 5.32 Å². The van der Waals surface area contributed by atoms with Crippen LogP contribution in [0.4, 0.5) is 0 Å². The van der Waals surface area contributed by atoms with E-state index in [1.165, 1.54) is 0 Å². The van der Waals surface area contributed by atoms with Crippen molar-refractivity contribution in [3.05, 3.63) is 29.8 Å². The molecule has 0 unspecified atom stereocenters. The molecule has 0 fully saturated rings. The Labute approximate surface area is 117 Å². The van der Waals surface area contributed by atoms with Crippen molar-refractivity contribution in [1.29, 1.82) is 0 Å². The molecule has 5 heteroatoms. The Morgan fingerprint density at radius 3 is 2.83 bits per heavy atom. The molecule has 0 aliphatic heterocycles. The van der Waals surface area contributed by atoms with Gasteiger partial charge in [-0.3, -0.25) is 4.79 Å². The monoisotopic (exact) mass is 285 g/mol. The van der Waals surface area contributed by atoms with E-state index in [9.17, 15) is 4.79 Å². The van der Waals surface area contributed by atoms with Gasteiger partial charge in [-0.15, -0.1) is 11.8 Å². The highest BCUT2D eigenvalue weighted by atomic mass is 32.2.